The molecule has 2 aromatic rings. The molecule has 2 rings (SSSR count). The lowest BCUT2D eigenvalue weighted by atomic mass is 10.3. The van der Waals surface area contributed by atoms with E-state index in [4.69, 9.17) is 0 Å². The molecular weight excluding hydrogens is 294 g/mol. The Balaban J connectivity index is 2.60. The van der Waals surface area contributed by atoms with Crippen molar-refractivity contribution in [1.82, 2.24) is 9.13 Å². The number of rotatable bonds is 3. The average molecular weight is 305 g/mol. The van der Waals surface area contributed by atoms with Crippen LogP contribution in [-0.4, -0.2) is 19.2 Å². The highest BCUT2D eigenvalue weighted by Gasteiger charge is 2.16. The first-order chi connectivity index (χ1) is 10.3. The first-order valence-corrected chi connectivity index (χ1v) is 5.98. The summed E-state index contributed by atoms with van der Waals surface area (Å²) in [6.07, 6.45) is 0. The molecule has 0 aliphatic carbocycles. The topological polar surface area (TPSA) is 132 Å². The van der Waals surface area contributed by atoms with Crippen molar-refractivity contribution >= 4 is 17.1 Å². The highest BCUT2D eigenvalue weighted by Crippen LogP contribution is 2.29. The Morgan fingerprint density at radius 1 is 1.14 bits per heavy atom. The molecule has 1 heterocycles. The highest BCUT2D eigenvalue weighted by molar-refractivity contribution is 5.57. The van der Waals surface area contributed by atoms with Crippen LogP contribution in [-0.2, 0) is 14.1 Å². The molecule has 0 unspecified atom stereocenters. The monoisotopic (exact) mass is 305 g/mol. The molecule has 22 heavy (non-hydrogen) atoms. The fourth-order valence-electron chi connectivity index (χ4n) is 1.71. The Labute approximate surface area is 122 Å². The van der Waals surface area contributed by atoms with Crippen LogP contribution >= 0.6 is 0 Å². The van der Waals surface area contributed by atoms with Crippen molar-refractivity contribution < 1.29 is 10.0 Å². The van der Waals surface area contributed by atoms with E-state index in [1.54, 1.807) is 0 Å². The summed E-state index contributed by atoms with van der Waals surface area (Å²) < 4.78 is 1.56. The molecule has 10 nitrogen and oxygen atoms in total. The zero-order valence-corrected chi connectivity index (χ0v) is 11.6. The van der Waals surface area contributed by atoms with Gasteiger partial charge in [0.2, 0.25) is 11.6 Å². The molecular formula is C12H11N5O5. The van der Waals surface area contributed by atoms with Crippen LogP contribution in [0.4, 0.5) is 17.1 Å². The number of nitrogens with zero attached hydrogens (tertiary/aromatic N) is 5. The van der Waals surface area contributed by atoms with Crippen molar-refractivity contribution in [2.75, 3.05) is 0 Å². The summed E-state index contributed by atoms with van der Waals surface area (Å²) in [5.41, 5.74) is -2.45. The second kappa shape index (κ2) is 5.60. The van der Waals surface area contributed by atoms with Crippen molar-refractivity contribution in [3.63, 3.8) is 0 Å². The number of nitro benzene ring substituents is 1. The molecule has 0 fully saturated rings. The minimum atomic E-state index is -0.858. The molecule has 0 amide bonds. The third-order valence-electron chi connectivity index (χ3n) is 2.95. The summed E-state index contributed by atoms with van der Waals surface area (Å²) in [4.78, 5) is 33.7. The van der Waals surface area contributed by atoms with E-state index < -0.39 is 27.7 Å². The number of para-hydroxylation sites is 1. The van der Waals surface area contributed by atoms with E-state index >= 15 is 0 Å². The number of aromatic nitrogens is 2. The van der Waals surface area contributed by atoms with Crippen LogP contribution in [0.2, 0.25) is 0 Å². The summed E-state index contributed by atoms with van der Waals surface area (Å²) in [5.74, 6) is -0.671. The van der Waals surface area contributed by atoms with E-state index in [1.165, 1.54) is 38.4 Å². The predicted molar refractivity (Wildman–Crippen MR) is 75.9 cm³/mol. The molecule has 0 aliphatic heterocycles. The van der Waals surface area contributed by atoms with Crippen molar-refractivity contribution in [1.29, 1.82) is 0 Å². The van der Waals surface area contributed by atoms with Gasteiger partial charge in [-0.15, -0.1) is 10.2 Å². The Morgan fingerprint density at radius 3 is 2.41 bits per heavy atom. The summed E-state index contributed by atoms with van der Waals surface area (Å²) >= 11 is 0. The number of benzene rings is 1. The van der Waals surface area contributed by atoms with E-state index in [0.29, 0.717) is 0 Å². The van der Waals surface area contributed by atoms with Gasteiger partial charge in [0.15, 0.2) is 5.69 Å². The fraction of sp³-hybridized carbons (Fsp3) is 0.167. The van der Waals surface area contributed by atoms with Crippen LogP contribution < -0.4 is 11.2 Å². The molecule has 1 aromatic heterocycles. The van der Waals surface area contributed by atoms with Gasteiger partial charge < -0.3 is 5.11 Å². The van der Waals surface area contributed by atoms with E-state index in [0.717, 1.165) is 9.13 Å². The first kappa shape index (κ1) is 15.1. The van der Waals surface area contributed by atoms with Crippen molar-refractivity contribution in [2.24, 2.45) is 24.3 Å². The van der Waals surface area contributed by atoms with Crippen molar-refractivity contribution in [3.8, 4) is 5.88 Å². The second-order valence-electron chi connectivity index (χ2n) is 4.32. The van der Waals surface area contributed by atoms with Crippen molar-refractivity contribution in [2.45, 2.75) is 0 Å². The lowest BCUT2D eigenvalue weighted by Crippen LogP contribution is -2.36. The summed E-state index contributed by atoms with van der Waals surface area (Å²) in [5, 5.41) is 27.8. The molecule has 0 spiro atoms. The SMILES string of the molecule is Cn1c(O)c(N=Nc2ccccc2[N+](=O)[O-])c(=O)n(C)c1=O. The van der Waals surface area contributed by atoms with Gasteiger partial charge in [-0.25, -0.2) is 4.79 Å². The number of nitro groups is 1. The molecule has 0 atom stereocenters. The summed E-state index contributed by atoms with van der Waals surface area (Å²) in [6, 6.07) is 5.54. The van der Waals surface area contributed by atoms with Crippen LogP contribution in [0.25, 0.3) is 0 Å². The van der Waals surface area contributed by atoms with Gasteiger partial charge in [0.25, 0.3) is 11.2 Å². The summed E-state index contributed by atoms with van der Waals surface area (Å²) in [6.45, 7) is 0. The molecule has 0 aliphatic rings. The molecule has 1 N–H and O–H groups in total. The molecule has 1 aromatic carbocycles. The standard InChI is InChI=1S/C12H11N5O5/c1-15-10(18)9(11(19)16(2)12(15)20)14-13-7-5-3-4-6-8(7)17(21)22/h3-6,18H,1-2H3. The Bertz CT molecular complexity index is 896. The van der Waals surface area contributed by atoms with Gasteiger partial charge in [-0.2, -0.15) is 0 Å². The highest BCUT2D eigenvalue weighted by atomic mass is 16.6. The molecule has 114 valence electrons. The third kappa shape index (κ3) is 2.49. The van der Waals surface area contributed by atoms with Crippen LogP contribution in [0, 0.1) is 10.1 Å². The Kier molecular flexibility index (Phi) is 3.84. The van der Waals surface area contributed by atoms with Crippen LogP contribution in [0.1, 0.15) is 0 Å². The maximum atomic E-state index is 11.9. The van der Waals surface area contributed by atoms with Crippen LogP contribution in [0.15, 0.2) is 44.1 Å². The van der Waals surface area contributed by atoms with E-state index in [2.05, 4.69) is 10.2 Å². The third-order valence-corrected chi connectivity index (χ3v) is 2.95. The first-order valence-electron chi connectivity index (χ1n) is 5.98. The predicted octanol–water partition coefficient (Wildman–Crippen LogP) is 1.11. The Hall–Kier alpha value is -3.30. The van der Waals surface area contributed by atoms with Crippen LogP contribution in [0.5, 0.6) is 5.88 Å². The lowest BCUT2D eigenvalue weighted by Gasteiger charge is -2.06. The largest absolute Gasteiger partial charge is 0.493 e. The smallest absolute Gasteiger partial charge is 0.333 e. The van der Waals surface area contributed by atoms with Crippen molar-refractivity contribution in [3.05, 3.63) is 55.2 Å². The van der Waals surface area contributed by atoms with Gasteiger partial charge in [-0.05, 0) is 6.07 Å². The normalized spacial score (nSPS) is 11.0. The lowest BCUT2D eigenvalue weighted by molar-refractivity contribution is -0.384. The van der Waals surface area contributed by atoms with Gasteiger partial charge in [0, 0.05) is 20.2 Å². The minimum absolute atomic E-state index is 0.0807. The van der Waals surface area contributed by atoms with Gasteiger partial charge in [-0.1, -0.05) is 12.1 Å². The van der Waals surface area contributed by atoms with Gasteiger partial charge in [0.05, 0.1) is 4.92 Å². The number of hydrogen-bond acceptors (Lipinski definition) is 7. The van der Waals surface area contributed by atoms with E-state index in [1.807, 2.05) is 0 Å². The maximum absolute atomic E-state index is 11.9. The van der Waals surface area contributed by atoms with Crippen LogP contribution in [0.3, 0.4) is 0 Å². The number of azo groups is 1. The molecule has 0 radical (unpaired) electrons. The van der Waals surface area contributed by atoms with Gasteiger partial charge >= 0.3 is 5.69 Å². The average Bonchev–Trinajstić information content (AvgIpc) is 2.51. The molecule has 0 saturated carbocycles. The second-order valence-corrected chi connectivity index (χ2v) is 4.32. The molecule has 0 saturated heterocycles. The minimum Gasteiger partial charge on any atom is -0.493 e. The fourth-order valence-corrected chi connectivity index (χ4v) is 1.71. The van der Waals surface area contributed by atoms with E-state index in [-0.39, 0.29) is 11.4 Å². The van der Waals surface area contributed by atoms with Gasteiger partial charge in [0.1, 0.15) is 0 Å². The van der Waals surface area contributed by atoms with Gasteiger partial charge in [-0.3, -0.25) is 24.0 Å². The quantitative estimate of drug-likeness (QED) is 0.515. The van der Waals surface area contributed by atoms with E-state index in [9.17, 15) is 24.8 Å². The zero-order chi connectivity index (χ0) is 16.4. The summed E-state index contributed by atoms with van der Waals surface area (Å²) in [7, 11) is 2.47. The number of aromatic hydroxyl groups is 1. The zero-order valence-electron chi connectivity index (χ0n) is 11.6. The maximum Gasteiger partial charge on any atom is 0.333 e. The Morgan fingerprint density at radius 2 is 1.77 bits per heavy atom. The number of hydrogen-bond donors (Lipinski definition) is 1. The molecule has 0 bridgehead atoms. The molecule has 10 heteroatoms.